The Balaban J connectivity index is 2.19. The second-order valence-electron chi connectivity index (χ2n) is 3.95. The molecule has 0 saturated heterocycles. The van der Waals surface area contributed by atoms with Crippen LogP contribution in [0.1, 0.15) is 5.56 Å². The first-order valence-corrected chi connectivity index (χ1v) is 7.19. The first kappa shape index (κ1) is 17.0. The quantitative estimate of drug-likeness (QED) is 0.705. The van der Waals surface area contributed by atoms with Crippen molar-refractivity contribution in [1.29, 1.82) is 0 Å². The van der Waals surface area contributed by atoms with Gasteiger partial charge in [-0.25, -0.2) is 0 Å². The summed E-state index contributed by atoms with van der Waals surface area (Å²) in [5, 5.41) is 4.90. The number of methoxy groups -OCH3 is 1. The highest BCUT2D eigenvalue weighted by Crippen LogP contribution is 2.29. The Morgan fingerprint density at radius 3 is 2.26 bits per heavy atom. The molecule has 0 amide bonds. The molecule has 0 aliphatic rings. The monoisotopic (exact) mass is 325 g/mol. The Hall–Kier alpha value is -0.0300. The summed E-state index contributed by atoms with van der Waals surface area (Å²) >= 11 is 18.0. The number of ether oxygens (including phenoxy) is 2. The van der Waals surface area contributed by atoms with Crippen molar-refractivity contribution in [3.05, 3.63) is 32.8 Å². The van der Waals surface area contributed by atoms with Crippen LogP contribution in [-0.2, 0) is 15.9 Å². The van der Waals surface area contributed by atoms with Crippen LogP contribution in [0, 0.1) is 0 Å². The molecule has 3 nitrogen and oxygen atoms in total. The summed E-state index contributed by atoms with van der Waals surface area (Å²) in [6, 6.07) is 3.38. The zero-order valence-electron chi connectivity index (χ0n) is 10.8. The van der Waals surface area contributed by atoms with Gasteiger partial charge < -0.3 is 14.8 Å². The van der Waals surface area contributed by atoms with E-state index >= 15 is 0 Å². The predicted molar refractivity (Wildman–Crippen MR) is 80.7 cm³/mol. The third kappa shape index (κ3) is 6.80. The number of benzene rings is 1. The van der Waals surface area contributed by atoms with Gasteiger partial charge in [0.2, 0.25) is 0 Å². The minimum Gasteiger partial charge on any atom is -0.383 e. The van der Waals surface area contributed by atoms with Gasteiger partial charge in [0.15, 0.2) is 0 Å². The highest BCUT2D eigenvalue weighted by atomic mass is 35.5. The van der Waals surface area contributed by atoms with Gasteiger partial charge in [-0.15, -0.1) is 0 Å². The van der Waals surface area contributed by atoms with Crippen molar-refractivity contribution in [2.24, 2.45) is 0 Å². The Kier molecular flexibility index (Phi) is 8.79. The second-order valence-corrected chi connectivity index (χ2v) is 5.20. The molecule has 0 spiro atoms. The highest BCUT2D eigenvalue weighted by molar-refractivity contribution is 6.39. The van der Waals surface area contributed by atoms with E-state index in [1.807, 2.05) is 0 Å². The predicted octanol–water partition coefficient (Wildman–Crippen LogP) is 3.44. The van der Waals surface area contributed by atoms with Gasteiger partial charge in [0.25, 0.3) is 0 Å². The molecule has 0 aliphatic carbocycles. The van der Waals surface area contributed by atoms with Gasteiger partial charge in [-0.3, -0.25) is 0 Å². The van der Waals surface area contributed by atoms with Crippen LogP contribution < -0.4 is 5.32 Å². The molecule has 0 saturated carbocycles. The molecule has 0 radical (unpaired) electrons. The Morgan fingerprint density at radius 1 is 1.00 bits per heavy atom. The molecule has 0 bridgehead atoms. The van der Waals surface area contributed by atoms with Gasteiger partial charge in [0, 0.05) is 35.3 Å². The Labute approximate surface area is 129 Å². The fourth-order valence-corrected chi connectivity index (χ4v) is 2.54. The van der Waals surface area contributed by atoms with Crippen molar-refractivity contribution in [3.63, 3.8) is 0 Å². The van der Waals surface area contributed by atoms with Crippen molar-refractivity contribution in [3.8, 4) is 0 Å². The molecule has 0 atom stereocenters. The van der Waals surface area contributed by atoms with E-state index in [0.717, 1.165) is 18.7 Å². The van der Waals surface area contributed by atoms with Crippen molar-refractivity contribution >= 4 is 34.8 Å². The van der Waals surface area contributed by atoms with Gasteiger partial charge >= 0.3 is 0 Å². The van der Waals surface area contributed by atoms with Crippen LogP contribution in [0.3, 0.4) is 0 Å². The molecular formula is C13H18Cl3NO2. The Morgan fingerprint density at radius 2 is 1.63 bits per heavy atom. The molecule has 0 unspecified atom stereocenters. The maximum Gasteiger partial charge on any atom is 0.0591 e. The molecule has 1 rings (SSSR count). The molecule has 0 fully saturated rings. The van der Waals surface area contributed by atoms with Gasteiger partial charge in [-0.05, 0) is 24.1 Å². The molecule has 108 valence electrons. The number of hydrogen-bond acceptors (Lipinski definition) is 3. The summed E-state index contributed by atoms with van der Waals surface area (Å²) in [6.07, 6.45) is 0.674. The normalized spacial score (nSPS) is 10.9. The zero-order chi connectivity index (χ0) is 14.1. The van der Waals surface area contributed by atoms with Gasteiger partial charge in [-0.1, -0.05) is 34.8 Å². The fourth-order valence-electron chi connectivity index (χ4n) is 1.53. The molecule has 0 heterocycles. The first-order chi connectivity index (χ1) is 9.15. The Bertz CT molecular complexity index is 365. The summed E-state index contributed by atoms with van der Waals surface area (Å²) in [6.45, 7) is 3.55. The van der Waals surface area contributed by atoms with E-state index in [1.54, 1.807) is 19.2 Å². The van der Waals surface area contributed by atoms with Crippen LogP contribution in [0.5, 0.6) is 0 Å². The minimum absolute atomic E-state index is 0.544. The topological polar surface area (TPSA) is 30.5 Å². The van der Waals surface area contributed by atoms with Crippen LogP contribution in [-0.4, -0.2) is 40.0 Å². The van der Waals surface area contributed by atoms with Crippen LogP contribution >= 0.6 is 34.8 Å². The van der Waals surface area contributed by atoms with Crippen LogP contribution in [0.25, 0.3) is 0 Å². The first-order valence-electron chi connectivity index (χ1n) is 6.06. The lowest BCUT2D eigenvalue weighted by atomic mass is 10.1. The number of halogens is 3. The largest absolute Gasteiger partial charge is 0.383 e. The average molecular weight is 327 g/mol. The van der Waals surface area contributed by atoms with Crippen molar-refractivity contribution in [2.75, 3.05) is 40.0 Å². The highest BCUT2D eigenvalue weighted by Gasteiger charge is 2.07. The second kappa shape index (κ2) is 9.81. The number of nitrogens with one attached hydrogen (secondary N) is 1. The van der Waals surface area contributed by atoms with E-state index in [0.29, 0.717) is 41.3 Å². The van der Waals surface area contributed by atoms with E-state index in [9.17, 15) is 0 Å². The molecule has 1 aromatic carbocycles. The lowest BCUT2D eigenvalue weighted by Gasteiger charge is -2.09. The lowest BCUT2D eigenvalue weighted by Crippen LogP contribution is -2.23. The van der Waals surface area contributed by atoms with E-state index in [-0.39, 0.29) is 0 Å². The van der Waals surface area contributed by atoms with E-state index < -0.39 is 0 Å². The molecular weight excluding hydrogens is 309 g/mol. The van der Waals surface area contributed by atoms with Gasteiger partial charge in [0.05, 0.1) is 19.8 Å². The molecule has 0 aliphatic heterocycles. The molecule has 1 N–H and O–H groups in total. The summed E-state index contributed by atoms with van der Waals surface area (Å²) in [4.78, 5) is 0. The average Bonchev–Trinajstić information content (AvgIpc) is 2.35. The molecule has 1 aromatic rings. The van der Waals surface area contributed by atoms with Crippen molar-refractivity contribution < 1.29 is 9.47 Å². The summed E-state index contributed by atoms with van der Waals surface area (Å²) in [7, 11) is 1.68. The number of hydrogen-bond donors (Lipinski definition) is 1. The molecule has 19 heavy (non-hydrogen) atoms. The molecule has 0 aromatic heterocycles. The SMILES string of the molecule is COCCNCCOCCc1c(Cl)cc(Cl)cc1Cl. The third-order valence-corrected chi connectivity index (χ3v) is 3.40. The van der Waals surface area contributed by atoms with E-state index in [4.69, 9.17) is 44.3 Å². The standard InChI is InChI=1S/C13H18Cl3NO2/c1-18-6-3-17-4-7-19-5-2-11-12(15)8-10(14)9-13(11)16/h8-9,17H,2-7H2,1H3. The molecule has 6 heteroatoms. The van der Waals surface area contributed by atoms with Crippen LogP contribution in [0.4, 0.5) is 0 Å². The van der Waals surface area contributed by atoms with Gasteiger partial charge in [0.1, 0.15) is 0 Å². The summed E-state index contributed by atoms with van der Waals surface area (Å²) < 4.78 is 10.4. The summed E-state index contributed by atoms with van der Waals surface area (Å²) in [5.41, 5.74) is 0.875. The minimum atomic E-state index is 0.544. The lowest BCUT2D eigenvalue weighted by molar-refractivity contribution is 0.135. The van der Waals surface area contributed by atoms with Crippen LogP contribution in [0.2, 0.25) is 15.1 Å². The van der Waals surface area contributed by atoms with Crippen LogP contribution in [0.15, 0.2) is 12.1 Å². The maximum atomic E-state index is 6.08. The summed E-state index contributed by atoms with van der Waals surface area (Å²) in [5.74, 6) is 0. The van der Waals surface area contributed by atoms with E-state index in [2.05, 4.69) is 5.32 Å². The third-order valence-electron chi connectivity index (χ3n) is 2.51. The maximum absolute atomic E-state index is 6.08. The van der Waals surface area contributed by atoms with Crippen molar-refractivity contribution in [2.45, 2.75) is 6.42 Å². The number of rotatable bonds is 9. The zero-order valence-corrected chi connectivity index (χ0v) is 13.1. The smallest absolute Gasteiger partial charge is 0.0591 e. The van der Waals surface area contributed by atoms with Gasteiger partial charge in [-0.2, -0.15) is 0 Å². The van der Waals surface area contributed by atoms with E-state index in [1.165, 1.54) is 0 Å². The fraction of sp³-hybridized carbons (Fsp3) is 0.538. The van der Waals surface area contributed by atoms with Crippen molar-refractivity contribution in [1.82, 2.24) is 5.32 Å².